The molecule has 0 radical (unpaired) electrons. The minimum Gasteiger partial charge on any atom is -0.317 e. The van der Waals surface area contributed by atoms with Gasteiger partial charge in [0.2, 0.25) is 0 Å². The van der Waals surface area contributed by atoms with Gasteiger partial charge in [-0.2, -0.15) is 0 Å². The maximum atomic E-state index is 4.36. The summed E-state index contributed by atoms with van der Waals surface area (Å²) >= 11 is 0. The number of hydrogen-bond donors (Lipinski definition) is 1. The number of nitrogens with zero attached hydrogens (tertiary/aromatic N) is 1. The maximum absolute atomic E-state index is 4.36. The number of hydrogen-bond acceptors (Lipinski definition) is 2. The van der Waals surface area contributed by atoms with Crippen LogP contribution in [-0.2, 0) is 6.42 Å². The molecule has 0 saturated carbocycles. The molecule has 0 aromatic carbocycles. The van der Waals surface area contributed by atoms with Crippen molar-refractivity contribution in [1.29, 1.82) is 0 Å². The van der Waals surface area contributed by atoms with Crippen LogP contribution < -0.4 is 5.32 Å². The van der Waals surface area contributed by atoms with E-state index in [0.717, 1.165) is 13.1 Å². The molecule has 2 nitrogen and oxygen atoms in total. The van der Waals surface area contributed by atoms with Crippen LogP contribution in [0.4, 0.5) is 0 Å². The third kappa shape index (κ3) is 4.12. The van der Waals surface area contributed by atoms with Crippen molar-refractivity contribution in [2.75, 3.05) is 13.1 Å². The van der Waals surface area contributed by atoms with Gasteiger partial charge in [-0.15, -0.1) is 0 Å². The van der Waals surface area contributed by atoms with E-state index in [1.54, 1.807) is 0 Å². The molecule has 0 spiro atoms. The topological polar surface area (TPSA) is 24.9 Å². The first-order valence-corrected chi connectivity index (χ1v) is 6.81. The number of rotatable bonds is 2. The van der Waals surface area contributed by atoms with Crippen molar-refractivity contribution in [2.45, 2.75) is 47.0 Å². The molecule has 1 aliphatic rings. The van der Waals surface area contributed by atoms with Crippen molar-refractivity contribution in [3.05, 3.63) is 29.6 Å². The zero-order valence-corrected chi connectivity index (χ0v) is 11.7. The molecule has 1 aromatic heterocycles. The summed E-state index contributed by atoms with van der Waals surface area (Å²) in [7, 11) is 0. The molecule has 0 bridgehead atoms. The average molecular weight is 234 g/mol. The fraction of sp³-hybridized carbons (Fsp3) is 0.667. The first-order chi connectivity index (χ1) is 8.20. The van der Waals surface area contributed by atoms with Gasteiger partial charge in [0.1, 0.15) is 0 Å². The Labute approximate surface area is 106 Å². The average Bonchev–Trinajstić information content (AvgIpc) is 2.35. The van der Waals surface area contributed by atoms with Crippen LogP contribution >= 0.6 is 0 Å². The number of pyridine rings is 1. The molecular formula is C15H26N2. The van der Waals surface area contributed by atoms with E-state index in [-0.39, 0.29) is 0 Å². The molecule has 1 saturated heterocycles. The fourth-order valence-electron chi connectivity index (χ4n) is 2.37. The molecule has 0 unspecified atom stereocenters. The van der Waals surface area contributed by atoms with Gasteiger partial charge in [0.25, 0.3) is 0 Å². The van der Waals surface area contributed by atoms with E-state index in [1.807, 2.05) is 26.1 Å². The maximum Gasteiger partial charge on any atom is 0.0404 e. The van der Waals surface area contributed by atoms with Gasteiger partial charge in [-0.1, -0.05) is 26.8 Å². The number of aryl methyl sites for hydroxylation is 1. The van der Waals surface area contributed by atoms with Gasteiger partial charge in [-0.3, -0.25) is 4.98 Å². The van der Waals surface area contributed by atoms with Crippen molar-refractivity contribution in [1.82, 2.24) is 10.3 Å². The third-order valence-electron chi connectivity index (χ3n) is 3.54. The Hall–Kier alpha value is -0.890. The van der Waals surface area contributed by atoms with Crippen LogP contribution in [-0.4, -0.2) is 18.1 Å². The second-order valence-electron chi connectivity index (χ2n) is 4.99. The highest BCUT2D eigenvalue weighted by molar-refractivity contribution is 5.20. The second kappa shape index (κ2) is 6.75. The van der Waals surface area contributed by atoms with E-state index in [1.165, 1.54) is 30.5 Å². The molecule has 0 atom stereocenters. The highest BCUT2D eigenvalue weighted by Crippen LogP contribution is 2.32. The van der Waals surface area contributed by atoms with Gasteiger partial charge in [0, 0.05) is 11.9 Å². The predicted octanol–water partition coefficient (Wildman–Crippen LogP) is 3.35. The van der Waals surface area contributed by atoms with Crippen LogP contribution in [0.1, 0.15) is 44.9 Å². The molecule has 2 rings (SSSR count). The Kier molecular flexibility index (Phi) is 5.63. The Balaban J connectivity index is 0.000000686. The molecule has 1 fully saturated rings. The van der Waals surface area contributed by atoms with E-state index in [0.29, 0.717) is 5.41 Å². The molecule has 1 aromatic rings. The van der Waals surface area contributed by atoms with Crippen molar-refractivity contribution < 1.29 is 0 Å². The van der Waals surface area contributed by atoms with Gasteiger partial charge >= 0.3 is 0 Å². The van der Waals surface area contributed by atoms with Gasteiger partial charge in [0.05, 0.1) is 0 Å². The van der Waals surface area contributed by atoms with Crippen LogP contribution in [0.2, 0.25) is 0 Å². The summed E-state index contributed by atoms with van der Waals surface area (Å²) in [5.41, 5.74) is 3.08. The van der Waals surface area contributed by atoms with E-state index >= 15 is 0 Å². The van der Waals surface area contributed by atoms with Crippen LogP contribution in [0, 0.1) is 12.3 Å². The van der Waals surface area contributed by atoms with Crippen molar-refractivity contribution >= 4 is 0 Å². The summed E-state index contributed by atoms with van der Waals surface area (Å²) in [6.45, 7) is 10.8. The quantitative estimate of drug-likeness (QED) is 0.849. The first-order valence-electron chi connectivity index (χ1n) is 6.81. The normalized spacial score (nSPS) is 18.1. The van der Waals surface area contributed by atoms with Crippen molar-refractivity contribution in [3.8, 4) is 0 Å². The van der Waals surface area contributed by atoms with E-state index < -0.39 is 0 Å². The molecule has 17 heavy (non-hydrogen) atoms. The minimum atomic E-state index is 0.471. The smallest absolute Gasteiger partial charge is 0.0404 e. The third-order valence-corrected chi connectivity index (χ3v) is 3.54. The summed E-state index contributed by atoms with van der Waals surface area (Å²) in [5.74, 6) is 0. The van der Waals surface area contributed by atoms with Gasteiger partial charge in [-0.25, -0.2) is 0 Å². The lowest BCUT2D eigenvalue weighted by Gasteiger charge is -2.34. The van der Waals surface area contributed by atoms with Crippen molar-refractivity contribution in [3.63, 3.8) is 0 Å². The van der Waals surface area contributed by atoms with E-state index in [2.05, 4.69) is 30.2 Å². The Bertz CT molecular complexity index is 327. The Morgan fingerprint density at radius 1 is 1.29 bits per heavy atom. The van der Waals surface area contributed by atoms with Crippen LogP contribution in [0.3, 0.4) is 0 Å². The molecular weight excluding hydrogens is 208 g/mol. The number of piperidine rings is 1. The summed E-state index contributed by atoms with van der Waals surface area (Å²) in [5, 5.41) is 3.42. The molecule has 2 heteroatoms. The molecule has 2 heterocycles. The minimum absolute atomic E-state index is 0.471. The Morgan fingerprint density at radius 3 is 2.53 bits per heavy atom. The summed E-state index contributed by atoms with van der Waals surface area (Å²) < 4.78 is 0. The lowest BCUT2D eigenvalue weighted by atomic mass is 9.76. The molecule has 0 aliphatic carbocycles. The van der Waals surface area contributed by atoms with Gasteiger partial charge in [0.15, 0.2) is 0 Å². The highest BCUT2D eigenvalue weighted by atomic mass is 14.9. The largest absolute Gasteiger partial charge is 0.317 e. The SMILES string of the molecule is CC.Cc1ncccc1CC1(C)CCNCC1. The predicted molar refractivity (Wildman–Crippen MR) is 74.2 cm³/mol. The zero-order chi connectivity index (χ0) is 12.7. The number of nitrogens with one attached hydrogen (secondary N) is 1. The van der Waals surface area contributed by atoms with Gasteiger partial charge in [-0.05, 0) is 56.3 Å². The summed E-state index contributed by atoms with van der Waals surface area (Å²) in [4.78, 5) is 4.36. The first kappa shape index (κ1) is 14.2. The second-order valence-corrected chi connectivity index (χ2v) is 4.99. The van der Waals surface area contributed by atoms with E-state index in [9.17, 15) is 0 Å². The zero-order valence-electron chi connectivity index (χ0n) is 11.7. The molecule has 96 valence electrons. The standard InChI is InChI=1S/C13H20N2.C2H6/c1-11-12(4-3-7-15-11)10-13(2)5-8-14-9-6-13;1-2/h3-4,7,14H,5-6,8-10H2,1-2H3;1-2H3. The fourth-order valence-corrected chi connectivity index (χ4v) is 2.37. The Morgan fingerprint density at radius 2 is 1.94 bits per heavy atom. The highest BCUT2D eigenvalue weighted by Gasteiger charge is 2.27. The number of aromatic nitrogens is 1. The molecule has 1 aliphatic heterocycles. The van der Waals surface area contributed by atoms with Crippen LogP contribution in [0.25, 0.3) is 0 Å². The van der Waals surface area contributed by atoms with Crippen LogP contribution in [0.5, 0.6) is 0 Å². The summed E-state index contributed by atoms with van der Waals surface area (Å²) in [6.07, 6.45) is 5.61. The summed E-state index contributed by atoms with van der Waals surface area (Å²) in [6, 6.07) is 4.27. The van der Waals surface area contributed by atoms with Crippen LogP contribution in [0.15, 0.2) is 18.3 Å². The lowest BCUT2D eigenvalue weighted by molar-refractivity contribution is 0.227. The van der Waals surface area contributed by atoms with Gasteiger partial charge < -0.3 is 5.32 Å². The molecule has 1 N–H and O–H groups in total. The van der Waals surface area contributed by atoms with Crippen molar-refractivity contribution in [2.24, 2.45) is 5.41 Å². The molecule has 0 amide bonds. The monoisotopic (exact) mass is 234 g/mol. The van der Waals surface area contributed by atoms with E-state index in [4.69, 9.17) is 0 Å². The lowest BCUT2D eigenvalue weighted by Crippen LogP contribution is -2.36.